The van der Waals surface area contributed by atoms with Crippen molar-refractivity contribution in [2.75, 3.05) is 0 Å². The molecule has 2 aromatic carbocycles. The third kappa shape index (κ3) is 4.19. The summed E-state index contributed by atoms with van der Waals surface area (Å²) in [7, 11) is 0. The fraction of sp³-hybridized carbons (Fsp3) is 0. The Morgan fingerprint density at radius 2 is 1.71 bits per heavy atom. The summed E-state index contributed by atoms with van der Waals surface area (Å²) in [6, 6.07) is 17.2. The molecule has 0 radical (unpaired) electrons. The van der Waals surface area contributed by atoms with Crippen LogP contribution in [0.3, 0.4) is 0 Å². The molecule has 1 N–H and O–H groups in total. The number of carboxylic acids is 1. The van der Waals surface area contributed by atoms with Crippen molar-refractivity contribution in [3.8, 4) is 6.07 Å². The molecular weight excluding hydrogens is 262 g/mol. The lowest BCUT2D eigenvalue weighted by Crippen LogP contribution is -1.88. The SMILES string of the molecule is N#Cc1ccc(C=Cc2ccccc2)cc1C=CC(=O)O. The third-order valence-electron chi connectivity index (χ3n) is 2.87. The van der Waals surface area contributed by atoms with Crippen molar-refractivity contribution in [1.82, 2.24) is 0 Å². The molecule has 21 heavy (non-hydrogen) atoms. The Morgan fingerprint density at radius 3 is 2.38 bits per heavy atom. The predicted octanol–water partition coefficient (Wildman–Crippen LogP) is 3.83. The van der Waals surface area contributed by atoms with Crippen molar-refractivity contribution in [2.24, 2.45) is 0 Å². The average molecular weight is 275 g/mol. The fourth-order valence-corrected chi connectivity index (χ4v) is 1.84. The quantitative estimate of drug-likeness (QED) is 0.681. The highest BCUT2D eigenvalue weighted by atomic mass is 16.4. The molecule has 2 rings (SSSR count). The third-order valence-corrected chi connectivity index (χ3v) is 2.87. The van der Waals surface area contributed by atoms with E-state index in [1.54, 1.807) is 12.1 Å². The van der Waals surface area contributed by atoms with Gasteiger partial charge >= 0.3 is 5.97 Å². The smallest absolute Gasteiger partial charge is 0.328 e. The zero-order valence-electron chi connectivity index (χ0n) is 11.2. The topological polar surface area (TPSA) is 61.1 Å². The molecule has 0 atom stereocenters. The van der Waals surface area contributed by atoms with Gasteiger partial charge in [0, 0.05) is 6.08 Å². The Bertz CT molecular complexity index is 738. The maximum Gasteiger partial charge on any atom is 0.328 e. The molecule has 0 aliphatic heterocycles. The van der Waals surface area contributed by atoms with E-state index >= 15 is 0 Å². The molecule has 0 heterocycles. The number of rotatable bonds is 4. The van der Waals surface area contributed by atoms with Gasteiger partial charge in [-0.1, -0.05) is 48.6 Å². The van der Waals surface area contributed by atoms with E-state index in [4.69, 9.17) is 10.4 Å². The number of carbonyl (C=O) groups is 1. The van der Waals surface area contributed by atoms with E-state index in [2.05, 4.69) is 6.07 Å². The van der Waals surface area contributed by atoms with E-state index in [1.807, 2.05) is 48.6 Å². The fourth-order valence-electron chi connectivity index (χ4n) is 1.84. The molecule has 0 fully saturated rings. The summed E-state index contributed by atoms with van der Waals surface area (Å²) < 4.78 is 0. The van der Waals surface area contributed by atoms with Gasteiger partial charge in [-0.3, -0.25) is 0 Å². The van der Waals surface area contributed by atoms with Crippen molar-refractivity contribution in [3.63, 3.8) is 0 Å². The Morgan fingerprint density at radius 1 is 1.00 bits per heavy atom. The molecule has 0 aliphatic carbocycles. The molecule has 3 nitrogen and oxygen atoms in total. The first-order valence-electron chi connectivity index (χ1n) is 6.37. The van der Waals surface area contributed by atoms with Crippen molar-refractivity contribution >= 4 is 24.2 Å². The molecule has 0 aromatic heterocycles. The van der Waals surface area contributed by atoms with Crippen LogP contribution in [0.15, 0.2) is 54.6 Å². The average Bonchev–Trinajstić information content (AvgIpc) is 2.52. The Balaban J connectivity index is 2.30. The second kappa shape index (κ2) is 6.88. The van der Waals surface area contributed by atoms with Gasteiger partial charge in [0.15, 0.2) is 0 Å². The van der Waals surface area contributed by atoms with E-state index in [1.165, 1.54) is 6.08 Å². The maximum absolute atomic E-state index is 10.6. The van der Waals surface area contributed by atoms with Crippen molar-refractivity contribution < 1.29 is 9.90 Å². The van der Waals surface area contributed by atoms with Gasteiger partial charge in [0.1, 0.15) is 0 Å². The molecule has 2 aromatic rings. The van der Waals surface area contributed by atoms with Gasteiger partial charge < -0.3 is 5.11 Å². The summed E-state index contributed by atoms with van der Waals surface area (Å²) in [4.78, 5) is 10.6. The molecule has 0 bridgehead atoms. The molecule has 0 saturated heterocycles. The molecule has 102 valence electrons. The first-order chi connectivity index (χ1) is 10.2. The predicted molar refractivity (Wildman–Crippen MR) is 83.2 cm³/mol. The molecule has 0 amide bonds. The van der Waals surface area contributed by atoms with Gasteiger partial charge in [-0.15, -0.1) is 0 Å². The first kappa shape index (κ1) is 14.3. The summed E-state index contributed by atoms with van der Waals surface area (Å²) in [5, 5.41) is 17.7. The number of aliphatic carboxylic acids is 1. The van der Waals surface area contributed by atoms with Crippen LogP contribution in [0.4, 0.5) is 0 Å². The summed E-state index contributed by atoms with van der Waals surface area (Å²) in [6.07, 6.45) is 6.35. The second-order valence-corrected chi connectivity index (χ2v) is 4.37. The number of hydrogen-bond donors (Lipinski definition) is 1. The molecule has 0 saturated carbocycles. The van der Waals surface area contributed by atoms with Gasteiger partial charge in [-0.2, -0.15) is 5.26 Å². The maximum atomic E-state index is 10.6. The number of nitrogens with zero attached hydrogens (tertiary/aromatic N) is 1. The lowest BCUT2D eigenvalue weighted by Gasteiger charge is -2.00. The zero-order chi connectivity index (χ0) is 15.1. The van der Waals surface area contributed by atoms with Gasteiger partial charge in [0.2, 0.25) is 0 Å². The van der Waals surface area contributed by atoms with Gasteiger partial charge in [-0.25, -0.2) is 4.79 Å². The van der Waals surface area contributed by atoms with E-state index in [9.17, 15) is 4.79 Å². The van der Waals surface area contributed by atoms with Crippen LogP contribution in [0.1, 0.15) is 22.3 Å². The van der Waals surface area contributed by atoms with Crippen LogP contribution < -0.4 is 0 Å². The van der Waals surface area contributed by atoms with E-state index in [0.29, 0.717) is 11.1 Å². The lowest BCUT2D eigenvalue weighted by atomic mass is 10.0. The van der Waals surface area contributed by atoms with Crippen LogP contribution in [0.25, 0.3) is 18.2 Å². The van der Waals surface area contributed by atoms with Crippen molar-refractivity contribution in [3.05, 3.63) is 76.9 Å². The second-order valence-electron chi connectivity index (χ2n) is 4.37. The first-order valence-corrected chi connectivity index (χ1v) is 6.37. The minimum absolute atomic E-state index is 0.448. The summed E-state index contributed by atoms with van der Waals surface area (Å²) >= 11 is 0. The molecule has 0 spiro atoms. The van der Waals surface area contributed by atoms with Crippen molar-refractivity contribution in [1.29, 1.82) is 5.26 Å². The largest absolute Gasteiger partial charge is 0.478 e. The minimum Gasteiger partial charge on any atom is -0.478 e. The monoisotopic (exact) mass is 275 g/mol. The van der Waals surface area contributed by atoms with E-state index in [-0.39, 0.29) is 0 Å². The molecule has 0 unspecified atom stereocenters. The van der Waals surface area contributed by atoms with Crippen LogP contribution in [-0.4, -0.2) is 11.1 Å². The summed E-state index contributed by atoms with van der Waals surface area (Å²) in [5.74, 6) is -1.04. The van der Waals surface area contributed by atoms with Crippen LogP contribution in [0.2, 0.25) is 0 Å². The highest BCUT2D eigenvalue weighted by molar-refractivity contribution is 5.86. The zero-order valence-corrected chi connectivity index (χ0v) is 11.2. The lowest BCUT2D eigenvalue weighted by molar-refractivity contribution is -0.131. The number of benzene rings is 2. The minimum atomic E-state index is -1.04. The van der Waals surface area contributed by atoms with Gasteiger partial charge in [0.05, 0.1) is 11.6 Å². The molecule has 0 aliphatic rings. The standard InChI is InChI=1S/C18H13NO2/c19-13-17-9-8-15(12-16(17)10-11-18(20)21)7-6-14-4-2-1-3-5-14/h1-12H,(H,20,21). The number of carboxylic acid groups (broad SMARTS) is 1. The Hall–Kier alpha value is -3.12. The Labute approximate surface area is 123 Å². The van der Waals surface area contributed by atoms with E-state index < -0.39 is 5.97 Å². The summed E-state index contributed by atoms with van der Waals surface area (Å²) in [5.41, 5.74) is 3.02. The van der Waals surface area contributed by atoms with Gasteiger partial charge in [0.25, 0.3) is 0 Å². The normalized spacial score (nSPS) is 10.8. The number of nitriles is 1. The Kier molecular flexibility index (Phi) is 4.68. The van der Waals surface area contributed by atoms with Crippen LogP contribution >= 0.6 is 0 Å². The summed E-state index contributed by atoms with van der Waals surface area (Å²) in [6.45, 7) is 0. The van der Waals surface area contributed by atoms with Gasteiger partial charge in [-0.05, 0) is 34.9 Å². The van der Waals surface area contributed by atoms with Crippen LogP contribution in [0.5, 0.6) is 0 Å². The highest BCUT2D eigenvalue weighted by Crippen LogP contribution is 2.15. The molecular formula is C18H13NO2. The highest BCUT2D eigenvalue weighted by Gasteiger charge is 2.00. The number of hydrogen-bond acceptors (Lipinski definition) is 2. The van der Waals surface area contributed by atoms with Crippen molar-refractivity contribution in [2.45, 2.75) is 0 Å². The van der Waals surface area contributed by atoms with Crippen LogP contribution in [0, 0.1) is 11.3 Å². The molecule has 3 heteroatoms. The van der Waals surface area contributed by atoms with Crippen LogP contribution in [-0.2, 0) is 4.79 Å². The van der Waals surface area contributed by atoms with E-state index in [0.717, 1.165) is 17.2 Å².